The molecule has 0 bridgehead atoms. The van der Waals surface area contributed by atoms with Crippen LogP contribution in [0.4, 0.5) is 0 Å². The summed E-state index contributed by atoms with van der Waals surface area (Å²) < 4.78 is 23.7. The van der Waals surface area contributed by atoms with E-state index in [2.05, 4.69) is 45.7 Å². The summed E-state index contributed by atoms with van der Waals surface area (Å²) in [6.45, 7) is 15.7. The molecule has 0 spiro atoms. The molecule has 3 atom stereocenters. The minimum atomic E-state index is -0.231. The Bertz CT molecular complexity index is 557. The zero-order valence-corrected chi connectivity index (χ0v) is 18.6. The maximum absolute atomic E-state index is 6.01. The average Bonchev–Trinajstić information content (AvgIpc) is 2.65. The summed E-state index contributed by atoms with van der Waals surface area (Å²) in [4.78, 5) is 4.51. The molecule has 5 heteroatoms. The van der Waals surface area contributed by atoms with Crippen LogP contribution in [0.1, 0.15) is 60.8 Å². The number of hydrogen-bond acceptors (Lipinski definition) is 5. The van der Waals surface area contributed by atoms with Crippen LogP contribution in [0.5, 0.6) is 0 Å². The Morgan fingerprint density at radius 1 is 1.29 bits per heavy atom. The second-order valence-electron chi connectivity index (χ2n) is 8.77. The molecular weight excluding hydrogens is 354 g/mol. The molecule has 28 heavy (non-hydrogen) atoms. The van der Waals surface area contributed by atoms with Gasteiger partial charge in [-0.25, -0.2) is 0 Å². The van der Waals surface area contributed by atoms with Crippen molar-refractivity contribution in [1.29, 1.82) is 0 Å². The number of hydrogen-bond donors (Lipinski definition) is 0. The monoisotopic (exact) mass is 393 g/mol. The summed E-state index contributed by atoms with van der Waals surface area (Å²) in [7, 11) is 0. The van der Waals surface area contributed by atoms with Crippen molar-refractivity contribution in [3.8, 4) is 0 Å². The van der Waals surface area contributed by atoms with Gasteiger partial charge in [0.2, 0.25) is 6.29 Å². The van der Waals surface area contributed by atoms with Crippen LogP contribution in [-0.2, 0) is 18.9 Å². The molecule has 0 aromatic carbocycles. The normalized spacial score (nSPS) is 29.0. The van der Waals surface area contributed by atoms with Gasteiger partial charge in [0.15, 0.2) is 6.29 Å². The quantitative estimate of drug-likeness (QED) is 0.403. The number of rotatable bonds is 9. The van der Waals surface area contributed by atoms with Crippen LogP contribution in [0.2, 0.25) is 0 Å². The third-order valence-corrected chi connectivity index (χ3v) is 5.26. The lowest BCUT2D eigenvalue weighted by molar-refractivity contribution is -0.233. The zero-order chi connectivity index (χ0) is 20.6. The van der Waals surface area contributed by atoms with Crippen molar-refractivity contribution >= 4 is 6.21 Å². The Morgan fingerprint density at radius 2 is 2.00 bits per heavy atom. The van der Waals surface area contributed by atoms with E-state index >= 15 is 0 Å². The van der Waals surface area contributed by atoms with E-state index in [1.54, 1.807) is 0 Å². The summed E-state index contributed by atoms with van der Waals surface area (Å²) in [5.74, 6) is 0.457. The van der Waals surface area contributed by atoms with E-state index in [-0.39, 0.29) is 29.8 Å². The largest absolute Gasteiger partial charge is 0.472 e. The number of allylic oxidation sites excluding steroid dienone is 3. The summed E-state index contributed by atoms with van der Waals surface area (Å²) in [6.07, 6.45) is 8.65. The molecule has 0 aromatic heterocycles. The predicted octanol–water partition coefficient (Wildman–Crippen LogP) is 5.12. The van der Waals surface area contributed by atoms with Crippen LogP contribution in [0, 0.1) is 17.3 Å². The van der Waals surface area contributed by atoms with Gasteiger partial charge in [0.25, 0.3) is 0 Å². The smallest absolute Gasteiger partial charge is 0.202 e. The van der Waals surface area contributed by atoms with Gasteiger partial charge in [-0.2, -0.15) is 0 Å². The van der Waals surface area contributed by atoms with Crippen LogP contribution >= 0.6 is 0 Å². The van der Waals surface area contributed by atoms with Gasteiger partial charge >= 0.3 is 0 Å². The average molecular weight is 394 g/mol. The summed E-state index contributed by atoms with van der Waals surface area (Å²) in [6, 6.07) is 0. The van der Waals surface area contributed by atoms with E-state index in [1.165, 1.54) is 0 Å². The molecule has 1 fully saturated rings. The first kappa shape index (κ1) is 23.1. The molecule has 160 valence electrons. The van der Waals surface area contributed by atoms with Gasteiger partial charge in [-0.15, -0.1) is 0 Å². The van der Waals surface area contributed by atoms with Crippen LogP contribution in [0.25, 0.3) is 0 Å². The van der Waals surface area contributed by atoms with E-state index in [9.17, 15) is 0 Å². The first-order valence-corrected chi connectivity index (χ1v) is 10.7. The molecule has 2 aliphatic rings. The SMILES string of the molecule is CCCCN=C/C(C)=C\C1=COC(OCC)C(C)C1CC1OCC(C)(C)CO1. The molecule has 0 aliphatic carbocycles. The number of nitrogens with zero attached hydrogens (tertiary/aromatic N) is 1. The third kappa shape index (κ3) is 7.02. The van der Waals surface area contributed by atoms with Gasteiger partial charge in [0.05, 0.1) is 19.5 Å². The molecular formula is C23H39NO4. The fourth-order valence-corrected chi connectivity index (χ4v) is 3.53. The molecule has 1 saturated heterocycles. The summed E-state index contributed by atoms with van der Waals surface area (Å²) in [5.41, 5.74) is 2.36. The molecule has 0 N–H and O–H groups in total. The Labute approximate surface area is 171 Å². The van der Waals surface area contributed by atoms with E-state index in [0.717, 1.165) is 50.2 Å². The highest BCUT2D eigenvalue weighted by Gasteiger charge is 2.37. The maximum atomic E-state index is 6.01. The lowest BCUT2D eigenvalue weighted by Crippen LogP contribution is -2.41. The van der Waals surface area contributed by atoms with E-state index in [4.69, 9.17) is 18.9 Å². The molecule has 3 unspecified atom stereocenters. The lowest BCUT2D eigenvalue weighted by atomic mass is 9.81. The number of ether oxygens (including phenoxy) is 4. The van der Waals surface area contributed by atoms with Crippen LogP contribution < -0.4 is 0 Å². The van der Waals surface area contributed by atoms with Gasteiger partial charge in [-0.05, 0) is 31.4 Å². The Kier molecular flexibility index (Phi) is 9.19. The van der Waals surface area contributed by atoms with Crippen molar-refractivity contribution in [3.05, 3.63) is 23.5 Å². The zero-order valence-electron chi connectivity index (χ0n) is 18.6. The highest BCUT2D eigenvalue weighted by molar-refractivity contribution is 5.78. The van der Waals surface area contributed by atoms with E-state index in [0.29, 0.717) is 6.61 Å². The Balaban J connectivity index is 2.10. The first-order chi connectivity index (χ1) is 13.4. The van der Waals surface area contributed by atoms with Gasteiger partial charge < -0.3 is 18.9 Å². The van der Waals surface area contributed by atoms with Gasteiger partial charge in [-0.1, -0.05) is 40.2 Å². The summed E-state index contributed by atoms with van der Waals surface area (Å²) >= 11 is 0. The topological polar surface area (TPSA) is 49.3 Å². The molecule has 0 radical (unpaired) electrons. The van der Waals surface area contributed by atoms with Crippen LogP contribution in [-0.4, -0.2) is 45.2 Å². The van der Waals surface area contributed by atoms with Crippen molar-refractivity contribution in [2.45, 2.75) is 73.4 Å². The second-order valence-corrected chi connectivity index (χ2v) is 8.77. The summed E-state index contributed by atoms with van der Waals surface area (Å²) in [5, 5.41) is 0. The number of unbranched alkanes of at least 4 members (excludes halogenated alkanes) is 1. The van der Waals surface area contributed by atoms with Crippen molar-refractivity contribution in [2.24, 2.45) is 22.2 Å². The van der Waals surface area contributed by atoms with Crippen LogP contribution in [0.15, 0.2) is 28.5 Å². The lowest BCUT2D eigenvalue weighted by Gasteiger charge is -2.40. The Morgan fingerprint density at radius 3 is 2.64 bits per heavy atom. The number of aliphatic imine (C=N–C) groups is 1. The molecule has 2 rings (SSSR count). The van der Waals surface area contributed by atoms with Crippen molar-refractivity contribution < 1.29 is 18.9 Å². The van der Waals surface area contributed by atoms with Crippen molar-refractivity contribution in [2.75, 3.05) is 26.4 Å². The second kappa shape index (κ2) is 11.1. The minimum Gasteiger partial charge on any atom is -0.472 e. The third-order valence-electron chi connectivity index (χ3n) is 5.26. The molecule has 5 nitrogen and oxygen atoms in total. The van der Waals surface area contributed by atoms with Crippen molar-refractivity contribution in [3.63, 3.8) is 0 Å². The van der Waals surface area contributed by atoms with E-state index in [1.807, 2.05) is 19.4 Å². The Hall–Kier alpha value is -1.17. The van der Waals surface area contributed by atoms with Crippen molar-refractivity contribution in [1.82, 2.24) is 0 Å². The highest BCUT2D eigenvalue weighted by Crippen LogP contribution is 2.37. The molecule has 0 aromatic rings. The van der Waals surface area contributed by atoms with Gasteiger partial charge in [-0.3, -0.25) is 4.99 Å². The minimum absolute atomic E-state index is 0.0791. The van der Waals surface area contributed by atoms with Gasteiger partial charge in [0, 0.05) is 43.0 Å². The first-order valence-electron chi connectivity index (χ1n) is 10.7. The fourth-order valence-electron chi connectivity index (χ4n) is 3.53. The maximum Gasteiger partial charge on any atom is 0.202 e. The highest BCUT2D eigenvalue weighted by atomic mass is 16.7. The fraction of sp³-hybridized carbons (Fsp3) is 0.783. The molecule has 0 saturated carbocycles. The van der Waals surface area contributed by atoms with Gasteiger partial charge in [0.1, 0.15) is 0 Å². The van der Waals surface area contributed by atoms with Crippen LogP contribution in [0.3, 0.4) is 0 Å². The van der Waals surface area contributed by atoms with E-state index < -0.39 is 0 Å². The standard InChI is InChI=1S/C23H39NO4/c1-7-9-10-24-13-17(3)11-19-14-26-22(25-8-2)18(4)20(19)12-21-27-15-23(5,6)16-28-21/h11,13-14,18,20-22H,7-10,12,15-16H2,1-6H3/b17-11-,24-13?. The molecule has 2 heterocycles. The molecule has 2 aliphatic heterocycles. The molecule has 0 amide bonds. The predicted molar refractivity (Wildman–Crippen MR) is 113 cm³/mol.